The summed E-state index contributed by atoms with van der Waals surface area (Å²) in [4.78, 5) is 0. The molecule has 0 saturated carbocycles. The summed E-state index contributed by atoms with van der Waals surface area (Å²) in [5.41, 5.74) is 6.88. The van der Waals surface area contributed by atoms with Gasteiger partial charge in [-0.2, -0.15) is 0 Å². The second-order valence-corrected chi connectivity index (χ2v) is 9.53. The maximum Gasteiger partial charge on any atom is 0.118 e. The van der Waals surface area contributed by atoms with Crippen molar-refractivity contribution in [1.82, 2.24) is 0 Å². The van der Waals surface area contributed by atoms with Crippen LogP contribution in [0, 0.1) is 5.92 Å². The van der Waals surface area contributed by atoms with Crippen LogP contribution < -0.4 is 18.9 Å². The number of rotatable bonds is 12. The normalized spacial score (nSPS) is 10.6. The van der Waals surface area contributed by atoms with E-state index >= 15 is 0 Å². The van der Waals surface area contributed by atoms with Gasteiger partial charge in [0.1, 0.15) is 23.0 Å². The summed E-state index contributed by atoms with van der Waals surface area (Å²) < 4.78 is 21.7. The van der Waals surface area contributed by atoms with E-state index in [4.69, 9.17) is 18.9 Å². The number of ether oxygens (including phenoxy) is 4. The summed E-state index contributed by atoms with van der Waals surface area (Å²) in [5.74, 6) is 3.53. The van der Waals surface area contributed by atoms with Gasteiger partial charge in [0.05, 0.1) is 28.4 Å². The van der Waals surface area contributed by atoms with E-state index in [1.54, 1.807) is 28.4 Å². The second kappa shape index (κ2) is 14.1. The fourth-order valence-electron chi connectivity index (χ4n) is 4.78. The number of allylic oxidation sites excluding steroid dienone is 2. The van der Waals surface area contributed by atoms with Crippen LogP contribution in [-0.2, 0) is 0 Å². The molecule has 4 aromatic carbocycles. The monoisotopic (exact) mass is 534 g/mol. The molecule has 4 rings (SSSR count). The molecule has 0 N–H and O–H groups in total. The van der Waals surface area contributed by atoms with E-state index in [2.05, 4.69) is 67.6 Å². The highest BCUT2D eigenvalue weighted by Gasteiger charge is 2.14. The van der Waals surface area contributed by atoms with E-state index in [0.29, 0.717) is 0 Å². The molecule has 0 aromatic heterocycles. The van der Waals surface area contributed by atoms with Gasteiger partial charge in [-0.1, -0.05) is 74.0 Å². The van der Waals surface area contributed by atoms with Crippen LogP contribution in [0.3, 0.4) is 0 Å². The van der Waals surface area contributed by atoms with Crippen LogP contribution in [0.2, 0.25) is 0 Å². The Hall–Kier alpha value is -4.44. The lowest BCUT2D eigenvalue weighted by Crippen LogP contribution is -2.00. The Kier molecular flexibility index (Phi) is 10.1. The topological polar surface area (TPSA) is 36.9 Å². The molecule has 0 unspecified atom stereocenters. The number of hydrogen-bond donors (Lipinski definition) is 0. The first-order valence-electron chi connectivity index (χ1n) is 13.6. The van der Waals surface area contributed by atoms with Gasteiger partial charge in [-0.05, 0) is 94.3 Å². The molecule has 0 aliphatic carbocycles. The minimum atomic E-state index is 0.184. The predicted molar refractivity (Wildman–Crippen MR) is 165 cm³/mol. The molecule has 4 heteroatoms. The summed E-state index contributed by atoms with van der Waals surface area (Å²) in [6, 6.07) is 33.1. The third-order valence-electron chi connectivity index (χ3n) is 6.99. The molecule has 0 amide bonds. The molecular formula is C36H38O4. The summed E-state index contributed by atoms with van der Waals surface area (Å²) >= 11 is 0. The van der Waals surface area contributed by atoms with Gasteiger partial charge in [0, 0.05) is 0 Å². The van der Waals surface area contributed by atoms with Crippen molar-refractivity contribution in [3.63, 3.8) is 0 Å². The van der Waals surface area contributed by atoms with Gasteiger partial charge >= 0.3 is 0 Å². The van der Waals surface area contributed by atoms with Crippen molar-refractivity contribution in [2.75, 3.05) is 28.4 Å². The molecule has 206 valence electrons. The zero-order chi connectivity index (χ0) is 28.3. The number of methoxy groups -OCH3 is 4. The maximum absolute atomic E-state index is 5.42. The van der Waals surface area contributed by atoms with E-state index < -0.39 is 0 Å². The van der Waals surface area contributed by atoms with Crippen LogP contribution in [-0.4, -0.2) is 28.4 Å². The Labute approximate surface area is 238 Å². The van der Waals surface area contributed by atoms with Gasteiger partial charge in [0.15, 0.2) is 0 Å². The maximum atomic E-state index is 5.42. The van der Waals surface area contributed by atoms with Crippen molar-refractivity contribution in [2.45, 2.75) is 19.8 Å². The fraction of sp³-hybridized carbons (Fsp3) is 0.222. The van der Waals surface area contributed by atoms with Crippen molar-refractivity contribution in [3.8, 4) is 23.0 Å². The molecule has 0 saturated heterocycles. The number of hydrogen-bond acceptors (Lipinski definition) is 4. The van der Waals surface area contributed by atoms with E-state index in [0.717, 1.165) is 58.1 Å². The highest BCUT2D eigenvalue weighted by molar-refractivity contribution is 5.83. The average molecular weight is 535 g/mol. The summed E-state index contributed by atoms with van der Waals surface area (Å²) in [6.07, 6.45) is 6.83. The van der Waals surface area contributed by atoms with Gasteiger partial charge in [0.25, 0.3) is 0 Å². The van der Waals surface area contributed by atoms with Crippen LogP contribution >= 0.6 is 0 Å². The van der Waals surface area contributed by atoms with E-state index in [1.807, 2.05) is 48.5 Å². The molecule has 0 heterocycles. The highest BCUT2D eigenvalue weighted by atomic mass is 16.5. The Morgan fingerprint density at radius 3 is 0.925 bits per heavy atom. The third kappa shape index (κ3) is 7.15. The van der Waals surface area contributed by atoms with Gasteiger partial charge in [-0.25, -0.2) is 0 Å². The quantitative estimate of drug-likeness (QED) is 0.182. The van der Waals surface area contributed by atoms with Crippen LogP contribution in [0.4, 0.5) is 0 Å². The number of benzene rings is 4. The van der Waals surface area contributed by atoms with Crippen molar-refractivity contribution >= 4 is 11.1 Å². The molecule has 0 atom stereocenters. The van der Waals surface area contributed by atoms with Gasteiger partial charge in [-0.15, -0.1) is 0 Å². The Bertz CT molecular complexity index is 1190. The molecule has 4 aromatic rings. The zero-order valence-electron chi connectivity index (χ0n) is 24.0. The minimum absolute atomic E-state index is 0.184. The molecule has 0 aliphatic rings. The Morgan fingerprint density at radius 2 is 0.725 bits per heavy atom. The predicted octanol–water partition coefficient (Wildman–Crippen LogP) is 8.70. The van der Waals surface area contributed by atoms with Crippen LogP contribution in [0.5, 0.6) is 23.0 Å². The van der Waals surface area contributed by atoms with Crippen LogP contribution in [0.25, 0.3) is 11.1 Å². The Balaban J connectivity index is 1.86. The molecule has 40 heavy (non-hydrogen) atoms. The first kappa shape index (κ1) is 28.6. The SMILES string of the molecule is CCCC(C=C(c1ccc(OC)cc1)c1ccc(OC)cc1)C=C(c1ccc(OC)cc1)c1ccc(OC)cc1. The fourth-order valence-corrected chi connectivity index (χ4v) is 4.78. The molecule has 0 aliphatic heterocycles. The molecule has 0 spiro atoms. The average Bonchev–Trinajstić information content (AvgIpc) is 3.02. The smallest absolute Gasteiger partial charge is 0.118 e. The van der Waals surface area contributed by atoms with Crippen molar-refractivity contribution in [1.29, 1.82) is 0 Å². The van der Waals surface area contributed by atoms with Gasteiger partial charge < -0.3 is 18.9 Å². The van der Waals surface area contributed by atoms with Gasteiger partial charge in [-0.3, -0.25) is 0 Å². The van der Waals surface area contributed by atoms with E-state index in [-0.39, 0.29) is 5.92 Å². The highest BCUT2D eigenvalue weighted by Crippen LogP contribution is 2.33. The first-order valence-corrected chi connectivity index (χ1v) is 13.6. The third-order valence-corrected chi connectivity index (χ3v) is 6.99. The molecule has 4 nitrogen and oxygen atoms in total. The summed E-state index contributed by atoms with van der Waals surface area (Å²) in [6.45, 7) is 2.23. The zero-order valence-corrected chi connectivity index (χ0v) is 24.0. The van der Waals surface area contributed by atoms with Crippen molar-refractivity contribution in [2.24, 2.45) is 5.92 Å². The molecular weight excluding hydrogens is 496 g/mol. The minimum Gasteiger partial charge on any atom is -0.497 e. The molecule has 0 fully saturated rings. The Morgan fingerprint density at radius 1 is 0.475 bits per heavy atom. The lowest BCUT2D eigenvalue weighted by molar-refractivity contribution is 0.414. The molecule has 0 radical (unpaired) electrons. The largest absolute Gasteiger partial charge is 0.497 e. The standard InChI is InChI=1S/C36H38O4/c1-6-7-26(24-35(27-8-16-31(37-2)17-9-27)28-10-18-32(38-3)19-11-28)25-36(29-12-20-33(39-4)21-13-29)30-14-22-34(40-5)23-15-30/h8-26H,6-7H2,1-5H3. The second-order valence-electron chi connectivity index (χ2n) is 9.53. The van der Waals surface area contributed by atoms with Crippen LogP contribution in [0.1, 0.15) is 42.0 Å². The van der Waals surface area contributed by atoms with Crippen molar-refractivity contribution < 1.29 is 18.9 Å². The van der Waals surface area contributed by atoms with Crippen molar-refractivity contribution in [3.05, 3.63) is 131 Å². The molecule has 0 bridgehead atoms. The lowest BCUT2D eigenvalue weighted by atomic mass is 9.88. The van der Waals surface area contributed by atoms with E-state index in [9.17, 15) is 0 Å². The van der Waals surface area contributed by atoms with Gasteiger partial charge in [0.2, 0.25) is 0 Å². The van der Waals surface area contributed by atoms with Crippen LogP contribution in [0.15, 0.2) is 109 Å². The first-order chi connectivity index (χ1) is 19.6. The summed E-state index contributed by atoms with van der Waals surface area (Å²) in [5, 5.41) is 0. The van der Waals surface area contributed by atoms with E-state index in [1.165, 1.54) is 11.1 Å². The lowest BCUT2D eigenvalue weighted by Gasteiger charge is -2.17. The summed E-state index contributed by atoms with van der Waals surface area (Å²) in [7, 11) is 6.77.